The minimum atomic E-state index is -2.67. The average Bonchev–Trinajstić information content (AvgIpc) is 3.22. The predicted octanol–water partition coefficient (Wildman–Crippen LogP) is 3.67. The summed E-state index contributed by atoms with van der Waals surface area (Å²) in [7, 11) is 1.81. The van der Waals surface area contributed by atoms with Gasteiger partial charge in [-0.1, -0.05) is 17.5 Å². The van der Waals surface area contributed by atoms with Crippen LogP contribution in [0.4, 0.5) is 8.78 Å². The molecule has 1 fully saturated rings. The number of likely N-dealkylation sites (tertiary alicyclic amines) is 1. The van der Waals surface area contributed by atoms with Gasteiger partial charge in [-0.2, -0.15) is 10.2 Å². The molecule has 9 heteroatoms. The summed E-state index contributed by atoms with van der Waals surface area (Å²) in [5.74, 6) is 3.56. The van der Waals surface area contributed by atoms with Crippen LogP contribution in [0.15, 0.2) is 24.5 Å². The molecule has 0 radical (unpaired) electrons. The fourth-order valence-electron chi connectivity index (χ4n) is 3.50. The number of nitrogens with zero attached hydrogens (tertiary/aromatic N) is 6. The smallest absolute Gasteiger partial charge is 0.260 e. The van der Waals surface area contributed by atoms with E-state index < -0.39 is 11.5 Å². The summed E-state index contributed by atoms with van der Waals surface area (Å²) >= 11 is 6.08. The van der Waals surface area contributed by atoms with Gasteiger partial charge in [-0.3, -0.25) is 9.58 Å². The number of rotatable bonds is 2. The molecule has 0 unspecified atom stereocenters. The van der Waals surface area contributed by atoms with E-state index in [0.717, 1.165) is 11.1 Å². The summed E-state index contributed by atoms with van der Waals surface area (Å²) in [5, 5.41) is 9.85. The maximum absolute atomic E-state index is 13.9. The summed E-state index contributed by atoms with van der Waals surface area (Å²) in [6, 6.07) is 3.50. The molecular formula is C20H21ClF2N6. The topological polar surface area (TPSA) is 51.8 Å². The van der Waals surface area contributed by atoms with Gasteiger partial charge in [0.1, 0.15) is 16.5 Å². The first-order chi connectivity index (χ1) is 13.6. The van der Waals surface area contributed by atoms with Gasteiger partial charge in [0.05, 0.1) is 29.9 Å². The van der Waals surface area contributed by atoms with E-state index in [1.807, 2.05) is 33.2 Å². The molecule has 152 valence electrons. The van der Waals surface area contributed by atoms with Crippen LogP contribution in [0.25, 0.3) is 16.7 Å². The zero-order valence-corrected chi connectivity index (χ0v) is 17.2. The number of aromatic nitrogens is 5. The van der Waals surface area contributed by atoms with E-state index in [0.29, 0.717) is 29.5 Å². The maximum atomic E-state index is 13.9. The minimum absolute atomic E-state index is 0.0698. The van der Waals surface area contributed by atoms with Gasteiger partial charge in [-0.25, -0.2) is 18.4 Å². The number of halogens is 3. The van der Waals surface area contributed by atoms with Crippen molar-refractivity contribution in [3.8, 4) is 17.5 Å². The van der Waals surface area contributed by atoms with Crippen molar-refractivity contribution in [2.75, 3.05) is 13.1 Å². The molecule has 0 aliphatic carbocycles. The Morgan fingerprint density at radius 1 is 1.28 bits per heavy atom. The monoisotopic (exact) mass is 418 g/mol. The van der Waals surface area contributed by atoms with E-state index in [1.165, 1.54) is 0 Å². The van der Waals surface area contributed by atoms with Crippen LogP contribution >= 0.6 is 11.6 Å². The lowest BCUT2D eigenvalue weighted by Gasteiger charge is -2.40. The number of hydrogen-bond donors (Lipinski definition) is 0. The molecule has 29 heavy (non-hydrogen) atoms. The second-order valence-corrected chi connectivity index (χ2v) is 8.22. The number of pyridine rings is 1. The lowest BCUT2D eigenvalue weighted by atomic mass is 9.97. The first-order valence-electron chi connectivity index (χ1n) is 9.35. The average molecular weight is 419 g/mol. The molecule has 0 amide bonds. The van der Waals surface area contributed by atoms with Crippen molar-refractivity contribution in [2.24, 2.45) is 7.05 Å². The number of alkyl halides is 2. The molecule has 0 bridgehead atoms. The van der Waals surface area contributed by atoms with Crippen molar-refractivity contribution < 1.29 is 8.78 Å². The Kier molecular flexibility index (Phi) is 4.83. The van der Waals surface area contributed by atoms with E-state index in [1.54, 1.807) is 26.5 Å². The minimum Gasteiger partial charge on any atom is -0.282 e. The zero-order valence-electron chi connectivity index (χ0n) is 16.5. The quantitative estimate of drug-likeness (QED) is 0.470. The Balaban J connectivity index is 1.74. The van der Waals surface area contributed by atoms with Gasteiger partial charge in [0.25, 0.3) is 5.92 Å². The Hall–Kier alpha value is -2.50. The van der Waals surface area contributed by atoms with Crippen LogP contribution in [0, 0.1) is 11.8 Å². The van der Waals surface area contributed by atoms with Gasteiger partial charge in [-0.05, 0) is 38.3 Å². The fraction of sp³-hybridized carbons (Fsp3) is 0.450. The van der Waals surface area contributed by atoms with E-state index in [2.05, 4.69) is 27.0 Å². The molecular weight excluding hydrogens is 398 g/mol. The highest BCUT2D eigenvalue weighted by Crippen LogP contribution is 2.30. The Morgan fingerprint density at radius 2 is 2.07 bits per heavy atom. The molecule has 3 aromatic heterocycles. The van der Waals surface area contributed by atoms with E-state index in [4.69, 9.17) is 11.6 Å². The lowest BCUT2D eigenvalue weighted by molar-refractivity contribution is -0.0802. The summed E-state index contributed by atoms with van der Waals surface area (Å²) < 4.78 is 31.0. The molecule has 1 saturated heterocycles. The van der Waals surface area contributed by atoms with Crippen LogP contribution < -0.4 is 0 Å². The van der Waals surface area contributed by atoms with Crippen molar-refractivity contribution in [3.05, 3.63) is 35.4 Å². The Morgan fingerprint density at radius 3 is 2.76 bits per heavy atom. The molecule has 0 N–H and O–H groups in total. The third-order valence-electron chi connectivity index (χ3n) is 5.10. The van der Waals surface area contributed by atoms with E-state index >= 15 is 0 Å². The summed E-state index contributed by atoms with van der Waals surface area (Å²) in [5.41, 5.74) is 1.10. The third kappa shape index (κ3) is 3.98. The zero-order chi connectivity index (χ0) is 20.8. The number of piperidine rings is 1. The molecule has 6 nitrogen and oxygen atoms in total. The SMILES string of the molecule is Cn1cc(-n2nc(C#CC(C)(C)N3CCCC(F)(F)C3)c3ccc(Cl)nc32)cn1. The molecule has 1 aliphatic heterocycles. The van der Waals surface area contributed by atoms with Crippen LogP contribution in [0.5, 0.6) is 0 Å². The Bertz CT molecular complexity index is 1120. The third-order valence-corrected chi connectivity index (χ3v) is 5.31. The van der Waals surface area contributed by atoms with Crippen LogP contribution in [0.2, 0.25) is 5.15 Å². The highest BCUT2D eigenvalue weighted by molar-refractivity contribution is 6.29. The van der Waals surface area contributed by atoms with Crippen LogP contribution in [-0.2, 0) is 7.05 Å². The second kappa shape index (κ2) is 7.08. The number of fused-ring (bicyclic) bond motifs is 1. The van der Waals surface area contributed by atoms with Gasteiger partial charge in [0.15, 0.2) is 5.65 Å². The number of hydrogen-bond acceptors (Lipinski definition) is 4. The van der Waals surface area contributed by atoms with E-state index in [9.17, 15) is 8.78 Å². The second-order valence-electron chi connectivity index (χ2n) is 7.83. The van der Waals surface area contributed by atoms with Gasteiger partial charge in [-0.15, -0.1) is 0 Å². The first kappa shape index (κ1) is 19.8. The molecule has 4 heterocycles. The van der Waals surface area contributed by atoms with Crippen molar-refractivity contribution in [2.45, 2.75) is 38.2 Å². The molecule has 1 aliphatic rings. The molecule has 0 saturated carbocycles. The molecule has 3 aromatic rings. The highest BCUT2D eigenvalue weighted by Gasteiger charge is 2.40. The normalized spacial score (nSPS) is 17.3. The summed E-state index contributed by atoms with van der Waals surface area (Å²) in [6.07, 6.45) is 3.87. The van der Waals surface area contributed by atoms with Crippen molar-refractivity contribution in [1.29, 1.82) is 0 Å². The fourth-order valence-corrected chi connectivity index (χ4v) is 3.64. The summed E-state index contributed by atoms with van der Waals surface area (Å²) in [6.45, 7) is 4.03. The maximum Gasteiger partial charge on any atom is 0.260 e. The first-order valence-corrected chi connectivity index (χ1v) is 9.73. The van der Waals surface area contributed by atoms with Crippen LogP contribution in [0.3, 0.4) is 0 Å². The van der Waals surface area contributed by atoms with Gasteiger partial charge >= 0.3 is 0 Å². The predicted molar refractivity (Wildman–Crippen MR) is 107 cm³/mol. The van der Waals surface area contributed by atoms with Gasteiger partial charge in [0, 0.05) is 20.0 Å². The van der Waals surface area contributed by atoms with E-state index in [-0.39, 0.29) is 13.0 Å². The van der Waals surface area contributed by atoms with Crippen molar-refractivity contribution >= 4 is 22.6 Å². The lowest BCUT2D eigenvalue weighted by Crippen LogP contribution is -2.52. The van der Waals surface area contributed by atoms with Crippen LogP contribution in [0.1, 0.15) is 32.4 Å². The van der Waals surface area contributed by atoms with Crippen molar-refractivity contribution in [1.82, 2.24) is 29.4 Å². The molecule has 0 spiro atoms. The van der Waals surface area contributed by atoms with Crippen LogP contribution in [-0.4, -0.2) is 54.0 Å². The molecule has 4 rings (SSSR count). The standard InChI is InChI=1S/C20H21ClF2N6/c1-19(2,28-10-4-8-20(22,23)13-28)9-7-16-15-5-6-17(21)25-18(15)29(26-16)14-11-24-27(3)12-14/h5-6,11-12H,4,8,10,13H2,1-3H3. The number of aryl methyl sites for hydroxylation is 1. The molecule has 0 atom stereocenters. The summed E-state index contributed by atoms with van der Waals surface area (Å²) in [4.78, 5) is 6.12. The van der Waals surface area contributed by atoms with Gasteiger partial charge < -0.3 is 0 Å². The van der Waals surface area contributed by atoms with Gasteiger partial charge in [0.2, 0.25) is 0 Å². The van der Waals surface area contributed by atoms with Crippen molar-refractivity contribution in [3.63, 3.8) is 0 Å². The highest BCUT2D eigenvalue weighted by atomic mass is 35.5. The largest absolute Gasteiger partial charge is 0.282 e. The molecule has 0 aromatic carbocycles. The Labute approximate surface area is 172 Å².